The van der Waals surface area contributed by atoms with Crippen LogP contribution in [-0.4, -0.2) is 20.0 Å². The van der Waals surface area contributed by atoms with E-state index in [-0.39, 0.29) is 0 Å². The Kier molecular flexibility index (Phi) is 2.82. The Morgan fingerprint density at radius 2 is 2.00 bits per heavy atom. The van der Waals surface area contributed by atoms with E-state index in [2.05, 4.69) is 51.2 Å². The fraction of sp³-hybridized carbons (Fsp3) is 0.133. The average molecular weight is 295 g/mol. The molecule has 0 unspecified atom stereocenters. The van der Waals surface area contributed by atoms with Gasteiger partial charge in [-0.2, -0.15) is 15.4 Å². The standard InChI is InChI=1S/C15H13N5S/c1-2-20-13-5-3-4-6-14(13)21-15(20)16-10-7-8-11-12(9-10)18-19-17-11/h3-9H,2H2,1H3,(H,17,18,19). The molecule has 1 N–H and O–H groups in total. The Morgan fingerprint density at radius 3 is 2.90 bits per heavy atom. The minimum Gasteiger partial charge on any atom is -0.317 e. The fourth-order valence-electron chi connectivity index (χ4n) is 2.42. The lowest BCUT2D eigenvalue weighted by Crippen LogP contribution is -2.12. The van der Waals surface area contributed by atoms with Crippen LogP contribution in [0.25, 0.3) is 21.3 Å². The second kappa shape index (κ2) is 4.82. The van der Waals surface area contributed by atoms with Gasteiger partial charge in [0.25, 0.3) is 0 Å². The summed E-state index contributed by atoms with van der Waals surface area (Å²) >= 11 is 1.70. The molecule has 0 amide bonds. The maximum Gasteiger partial charge on any atom is 0.190 e. The molecule has 2 heterocycles. The highest BCUT2D eigenvalue weighted by atomic mass is 32.1. The molecule has 0 atom stereocenters. The molecule has 5 nitrogen and oxygen atoms in total. The van der Waals surface area contributed by atoms with Gasteiger partial charge in [-0.25, -0.2) is 4.99 Å². The number of nitrogens with one attached hydrogen (secondary N) is 1. The molecule has 2 aromatic heterocycles. The first-order chi connectivity index (χ1) is 10.3. The van der Waals surface area contributed by atoms with E-state index in [0.29, 0.717) is 0 Å². The van der Waals surface area contributed by atoms with Crippen LogP contribution in [0.3, 0.4) is 0 Å². The minimum absolute atomic E-state index is 0.834. The zero-order valence-corrected chi connectivity index (χ0v) is 12.3. The van der Waals surface area contributed by atoms with Gasteiger partial charge in [-0.3, -0.25) is 0 Å². The van der Waals surface area contributed by atoms with Gasteiger partial charge in [0.15, 0.2) is 4.80 Å². The third kappa shape index (κ3) is 2.04. The summed E-state index contributed by atoms with van der Waals surface area (Å²) in [5.74, 6) is 0. The second-order valence-corrected chi connectivity index (χ2v) is 5.71. The number of rotatable bonds is 2. The maximum absolute atomic E-state index is 4.78. The number of thiazole rings is 1. The van der Waals surface area contributed by atoms with Crippen LogP contribution >= 0.6 is 11.3 Å². The molecule has 6 heteroatoms. The monoisotopic (exact) mass is 295 g/mol. The quantitative estimate of drug-likeness (QED) is 0.617. The predicted octanol–water partition coefficient (Wildman–Crippen LogP) is 3.23. The van der Waals surface area contributed by atoms with Crippen LogP contribution < -0.4 is 4.80 Å². The zero-order valence-electron chi connectivity index (χ0n) is 11.4. The van der Waals surface area contributed by atoms with Crippen LogP contribution in [0, 0.1) is 0 Å². The molecule has 2 aromatic carbocycles. The van der Waals surface area contributed by atoms with E-state index in [4.69, 9.17) is 4.99 Å². The van der Waals surface area contributed by atoms with E-state index >= 15 is 0 Å². The van der Waals surface area contributed by atoms with E-state index in [0.717, 1.165) is 28.1 Å². The summed E-state index contributed by atoms with van der Waals surface area (Å²) in [5.41, 5.74) is 3.81. The second-order valence-electron chi connectivity index (χ2n) is 4.71. The lowest BCUT2D eigenvalue weighted by atomic mass is 10.3. The summed E-state index contributed by atoms with van der Waals surface area (Å²) in [6.07, 6.45) is 0. The summed E-state index contributed by atoms with van der Waals surface area (Å²) in [4.78, 5) is 5.78. The molecule has 21 heavy (non-hydrogen) atoms. The molecule has 0 aliphatic heterocycles. The van der Waals surface area contributed by atoms with E-state index < -0.39 is 0 Å². The zero-order chi connectivity index (χ0) is 14.2. The maximum atomic E-state index is 4.78. The van der Waals surface area contributed by atoms with Crippen molar-refractivity contribution in [1.29, 1.82) is 0 Å². The topological polar surface area (TPSA) is 58.9 Å². The van der Waals surface area contributed by atoms with Crippen LogP contribution in [0.15, 0.2) is 47.5 Å². The summed E-state index contributed by atoms with van der Waals surface area (Å²) in [6.45, 7) is 3.04. The highest BCUT2D eigenvalue weighted by Crippen LogP contribution is 2.20. The predicted molar refractivity (Wildman–Crippen MR) is 84.6 cm³/mol. The van der Waals surface area contributed by atoms with E-state index in [1.54, 1.807) is 11.3 Å². The summed E-state index contributed by atoms with van der Waals surface area (Å²) in [6, 6.07) is 14.2. The Balaban J connectivity index is 1.95. The normalized spacial score (nSPS) is 12.5. The number of hydrogen-bond donors (Lipinski definition) is 1. The molecule has 0 aliphatic rings. The smallest absolute Gasteiger partial charge is 0.190 e. The molecule has 104 valence electrons. The van der Waals surface area contributed by atoms with Crippen LogP contribution in [0.5, 0.6) is 0 Å². The Morgan fingerprint density at radius 1 is 1.14 bits per heavy atom. The summed E-state index contributed by atoms with van der Waals surface area (Å²) in [5, 5.41) is 10.8. The largest absolute Gasteiger partial charge is 0.317 e. The highest BCUT2D eigenvalue weighted by molar-refractivity contribution is 7.16. The van der Waals surface area contributed by atoms with Crippen molar-refractivity contribution >= 4 is 38.3 Å². The van der Waals surface area contributed by atoms with Crippen LogP contribution in [0.1, 0.15) is 6.92 Å². The summed E-state index contributed by atoms with van der Waals surface area (Å²) < 4.78 is 3.48. The van der Waals surface area contributed by atoms with Crippen molar-refractivity contribution in [3.63, 3.8) is 0 Å². The number of benzene rings is 2. The van der Waals surface area contributed by atoms with Gasteiger partial charge in [-0.1, -0.05) is 23.5 Å². The van der Waals surface area contributed by atoms with Crippen LogP contribution in [0.2, 0.25) is 0 Å². The molecule has 0 bridgehead atoms. The molecule has 0 fully saturated rings. The van der Waals surface area contributed by atoms with Gasteiger partial charge in [0, 0.05) is 6.54 Å². The number of H-pyrrole nitrogens is 1. The number of aromatic amines is 1. The van der Waals surface area contributed by atoms with Gasteiger partial charge in [0.2, 0.25) is 0 Å². The van der Waals surface area contributed by atoms with E-state index in [1.807, 2.05) is 18.2 Å². The van der Waals surface area contributed by atoms with Crippen LogP contribution in [0.4, 0.5) is 5.69 Å². The lowest BCUT2D eigenvalue weighted by molar-refractivity contribution is 0.765. The Hall–Kier alpha value is -2.47. The van der Waals surface area contributed by atoms with Crippen molar-refractivity contribution < 1.29 is 0 Å². The van der Waals surface area contributed by atoms with Gasteiger partial charge >= 0.3 is 0 Å². The van der Waals surface area contributed by atoms with Gasteiger partial charge in [-0.05, 0) is 37.3 Å². The number of nitrogens with zero attached hydrogens (tertiary/aromatic N) is 4. The lowest BCUT2D eigenvalue weighted by Gasteiger charge is -1.99. The molecule has 4 rings (SSSR count). The number of aryl methyl sites for hydroxylation is 1. The van der Waals surface area contributed by atoms with Crippen molar-refractivity contribution in [1.82, 2.24) is 20.0 Å². The first-order valence-corrected chi connectivity index (χ1v) is 7.60. The van der Waals surface area contributed by atoms with Gasteiger partial charge in [-0.15, -0.1) is 0 Å². The molecule has 4 aromatic rings. The van der Waals surface area contributed by atoms with Crippen molar-refractivity contribution in [3.05, 3.63) is 47.3 Å². The van der Waals surface area contributed by atoms with E-state index in [9.17, 15) is 0 Å². The SMILES string of the molecule is CCn1c(=Nc2ccc3n[nH]nc3c2)sc2ccccc21. The van der Waals surface area contributed by atoms with E-state index in [1.165, 1.54) is 10.2 Å². The summed E-state index contributed by atoms with van der Waals surface area (Å²) in [7, 11) is 0. The molecular weight excluding hydrogens is 282 g/mol. The molecule has 0 spiro atoms. The Labute approximate surface area is 124 Å². The first kappa shape index (κ1) is 12.3. The van der Waals surface area contributed by atoms with Crippen LogP contribution in [-0.2, 0) is 6.54 Å². The average Bonchev–Trinajstić information content (AvgIpc) is 3.10. The number of hydrogen-bond acceptors (Lipinski definition) is 4. The number of aromatic nitrogens is 4. The molecule has 0 radical (unpaired) electrons. The molecule has 0 aliphatic carbocycles. The first-order valence-electron chi connectivity index (χ1n) is 6.79. The highest BCUT2D eigenvalue weighted by Gasteiger charge is 2.04. The third-order valence-corrected chi connectivity index (χ3v) is 4.49. The Bertz CT molecular complexity index is 992. The number of fused-ring (bicyclic) bond motifs is 2. The van der Waals surface area contributed by atoms with Crippen molar-refractivity contribution in [3.8, 4) is 0 Å². The van der Waals surface area contributed by atoms with Gasteiger partial charge in [0.1, 0.15) is 11.0 Å². The third-order valence-electron chi connectivity index (χ3n) is 3.43. The van der Waals surface area contributed by atoms with Crippen molar-refractivity contribution in [2.45, 2.75) is 13.5 Å². The van der Waals surface area contributed by atoms with Gasteiger partial charge in [0.05, 0.1) is 15.9 Å². The fourth-order valence-corrected chi connectivity index (χ4v) is 3.54. The number of para-hydroxylation sites is 1. The van der Waals surface area contributed by atoms with Crippen molar-refractivity contribution in [2.75, 3.05) is 0 Å². The minimum atomic E-state index is 0.834. The molecule has 0 saturated heterocycles. The van der Waals surface area contributed by atoms with Gasteiger partial charge < -0.3 is 4.57 Å². The van der Waals surface area contributed by atoms with Crippen molar-refractivity contribution in [2.24, 2.45) is 4.99 Å². The molecule has 0 saturated carbocycles. The molecular formula is C15H13N5S.